The van der Waals surface area contributed by atoms with Gasteiger partial charge < -0.3 is 49.5 Å². The third kappa shape index (κ3) is 11.6. The van der Waals surface area contributed by atoms with Crippen LogP contribution in [0.1, 0.15) is 38.7 Å². The maximum atomic E-state index is 14.6. The maximum Gasteiger partial charge on any atom is 0.255 e. The lowest BCUT2D eigenvalue weighted by Gasteiger charge is -2.14. The quantitative estimate of drug-likeness (QED) is 0.0503. The van der Waals surface area contributed by atoms with Gasteiger partial charge in [0, 0.05) is 151 Å². The summed E-state index contributed by atoms with van der Waals surface area (Å²) in [5, 5.41) is 12.8. The van der Waals surface area contributed by atoms with Crippen LogP contribution < -0.4 is 21.3 Å². The number of aromatic amines is 2. The maximum absolute atomic E-state index is 14.6. The number of rotatable bonds is 17. The Morgan fingerprint density at radius 3 is 1.04 bits per heavy atom. The minimum absolute atomic E-state index is 0.0231. The number of nitrogens with zero attached hydrogens (tertiary/aromatic N) is 10. The second-order valence-electron chi connectivity index (χ2n) is 21.4. The summed E-state index contributed by atoms with van der Waals surface area (Å²) in [6.07, 6.45) is 28.0. The van der Waals surface area contributed by atoms with Crippen LogP contribution in [0.15, 0.2) is 220 Å². The van der Waals surface area contributed by atoms with Crippen LogP contribution in [0.25, 0.3) is 90.9 Å². The van der Waals surface area contributed by atoms with E-state index in [4.69, 9.17) is 9.97 Å². The first kappa shape index (κ1) is 55.3. The van der Waals surface area contributed by atoms with E-state index in [0.717, 1.165) is 5.56 Å². The van der Waals surface area contributed by atoms with Gasteiger partial charge in [-0.05, 0) is 90.5 Å². The van der Waals surface area contributed by atoms with Gasteiger partial charge in [-0.25, -0.2) is 29.9 Å². The topological polar surface area (TPSA) is 245 Å². The molecule has 438 valence electrons. The zero-order chi connectivity index (χ0) is 60.9. The van der Waals surface area contributed by atoms with E-state index < -0.39 is 0 Å². The van der Waals surface area contributed by atoms with E-state index in [2.05, 4.69) is 51.2 Å². The van der Waals surface area contributed by atoms with Crippen LogP contribution in [0.3, 0.4) is 0 Å². The highest BCUT2D eigenvalue weighted by atomic mass is 16.2. The average molecular weight is 1180 g/mol. The van der Waals surface area contributed by atoms with E-state index >= 15 is 0 Å². The van der Waals surface area contributed by atoms with Crippen molar-refractivity contribution in [2.75, 3.05) is 21.3 Å². The van der Waals surface area contributed by atoms with Crippen LogP contribution in [-0.4, -0.2) is 81.8 Å². The number of imidazole rings is 4. The Bertz CT molecular complexity index is 4850. The van der Waals surface area contributed by atoms with Crippen molar-refractivity contribution in [1.82, 2.24) is 58.1 Å². The smallest absolute Gasteiger partial charge is 0.255 e. The van der Waals surface area contributed by atoms with E-state index in [-0.39, 0.29) is 43.3 Å². The number of para-hydroxylation sites is 4. The molecule has 0 aliphatic carbocycles. The third-order valence-electron chi connectivity index (χ3n) is 15.4. The van der Waals surface area contributed by atoms with Crippen molar-refractivity contribution in [3.8, 4) is 44.5 Å². The Morgan fingerprint density at radius 2 is 0.700 bits per heavy atom. The summed E-state index contributed by atoms with van der Waals surface area (Å²) in [5.74, 6) is -1.12. The Morgan fingerprint density at radius 1 is 0.367 bits per heavy atom. The molecule has 8 bridgehead atoms. The fourth-order valence-electron chi connectivity index (χ4n) is 11.4. The van der Waals surface area contributed by atoms with Gasteiger partial charge in [0.05, 0.1) is 48.1 Å². The lowest BCUT2D eigenvalue weighted by Crippen LogP contribution is -2.18. The fourth-order valence-corrected chi connectivity index (χ4v) is 11.4. The molecule has 2 aliphatic heterocycles. The first-order valence-electron chi connectivity index (χ1n) is 28.9. The highest BCUT2D eigenvalue weighted by Gasteiger charge is 2.24. The van der Waals surface area contributed by atoms with Crippen molar-refractivity contribution >= 4 is 92.7 Å². The van der Waals surface area contributed by atoms with E-state index in [9.17, 15) is 19.2 Å². The van der Waals surface area contributed by atoms with Gasteiger partial charge in [0.15, 0.2) is 0 Å². The lowest BCUT2D eigenvalue weighted by molar-refractivity contribution is -0.117. The van der Waals surface area contributed by atoms with Crippen LogP contribution >= 0.6 is 0 Å². The molecule has 0 saturated carbocycles. The second-order valence-corrected chi connectivity index (χ2v) is 21.4. The first-order chi connectivity index (χ1) is 44.2. The fraction of sp³-hybridized carbons (Fsp3) is 0.0571. The summed E-state index contributed by atoms with van der Waals surface area (Å²) in [6, 6.07) is 45.8. The van der Waals surface area contributed by atoms with Gasteiger partial charge in [-0.2, -0.15) is 0 Å². The number of anilines is 4. The summed E-state index contributed by atoms with van der Waals surface area (Å²) >= 11 is 0. The van der Waals surface area contributed by atoms with E-state index in [1.807, 2.05) is 175 Å². The van der Waals surface area contributed by atoms with Crippen LogP contribution in [-0.2, 0) is 40.6 Å². The van der Waals surface area contributed by atoms with Gasteiger partial charge in [-0.1, -0.05) is 84.9 Å². The molecular weight excluding hydrogens is 1130 g/mol. The number of carbonyl (C=O) groups is 4. The predicted molar refractivity (Wildman–Crippen MR) is 349 cm³/mol. The summed E-state index contributed by atoms with van der Waals surface area (Å²) in [6.45, 7) is 0.604. The summed E-state index contributed by atoms with van der Waals surface area (Å²) in [5.41, 5.74) is 13.6. The number of carbonyl (C=O) groups excluding carboxylic acids is 4. The Hall–Kier alpha value is -12.6. The number of aromatic nitrogens is 12. The molecule has 6 N–H and O–H groups in total. The summed E-state index contributed by atoms with van der Waals surface area (Å²) in [4.78, 5) is 91.7. The molecule has 0 saturated heterocycles. The minimum atomic E-state index is -0.312. The molecule has 9 heterocycles. The molecule has 5 aromatic carbocycles. The molecule has 7 aromatic heterocycles. The molecule has 0 spiro atoms. The summed E-state index contributed by atoms with van der Waals surface area (Å²) in [7, 11) is 0. The Kier molecular flexibility index (Phi) is 15.0. The third-order valence-corrected chi connectivity index (χ3v) is 15.4. The van der Waals surface area contributed by atoms with Crippen molar-refractivity contribution in [3.63, 3.8) is 0 Å². The average Bonchev–Trinajstić information content (AvgIpc) is 2.53. The van der Waals surface area contributed by atoms with Crippen LogP contribution in [0.5, 0.6) is 0 Å². The molecule has 12 aromatic rings. The molecule has 4 amide bonds. The summed E-state index contributed by atoms with van der Waals surface area (Å²) < 4.78 is 7.04. The zero-order valence-corrected chi connectivity index (χ0v) is 48.0. The van der Waals surface area contributed by atoms with E-state index in [0.29, 0.717) is 124 Å². The highest BCUT2D eigenvalue weighted by molar-refractivity contribution is 6.10. The molecular formula is C70H54N16O4. The number of H-pyrrole nitrogens is 2. The van der Waals surface area contributed by atoms with Gasteiger partial charge in [0.25, 0.3) is 5.91 Å². The van der Waals surface area contributed by atoms with Gasteiger partial charge in [-0.3, -0.25) is 19.2 Å². The van der Waals surface area contributed by atoms with E-state index in [1.165, 1.54) is 0 Å². The minimum Gasteiger partial charge on any atom is -0.354 e. The molecule has 20 heteroatoms. The van der Waals surface area contributed by atoms with Crippen molar-refractivity contribution in [2.24, 2.45) is 0 Å². The molecule has 0 atom stereocenters. The standard InChI is InChI=1S/C70H54N16O4/c87-63(38-84-33-29-72-42-84)79-51-16-5-1-12-47(51)66-55-20-22-57(75-55)67(48-13-2-6-17-52(48)80-64(88)39-85-34-30-73-43-85)59-24-26-61(77-59)69(50-15-4-8-19-54(50)82-70(90)46-11-9-10-45(36-46)37-83-32-28-71-41-83)62-27-25-60(78-62)68(58-23-21-56(66)76-58)49-14-3-7-18-53(49)81-65(89)40-86-35-31-74-44-86/h1-36,41-44,75,78H,37-40H2,(H,79,87)(H,80,88)(H,81,89)(H,82,90). The number of amides is 4. The molecule has 14 rings (SSSR count). The van der Waals surface area contributed by atoms with Gasteiger partial charge >= 0.3 is 0 Å². The molecule has 0 radical (unpaired) electrons. The van der Waals surface area contributed by atoms with E-state index in [1.54, 1.807) is 88.5 Å². The lowest BCUT2D eigenvalue weighted by atomic mass is 10.0. The van der Waals surface area contributed by atoms with Crippen molar-refractivity contribution in [3.05, 3.63) is 254 Å². The van der Waals surface area contributed by atoms with Crippen molar-refractivity contribution < 1.29 is 19.2 Å². The number of hydrogen-bond donors (Lipinski definition) is 6. The van der Waals surface area contributed by atoms with Crippen LogP contribution in [0, 0.1) is 0 Å². The number of hydrogen-bond acceptors (Lipinski definition) is 10. The molecule has 90 heavy (non-hydrogen) atoms. The largest absolute Gasteiger partial charge is 0.354 e. The highest BCUT2D eigenvalue weighted by Crippen LogP contribution is 2.43. The number of nitrogens with one attached hydrogen (secondary N) is 6. The number of fused-ring (bicyclic) bond motifs is 8. The number of benzene rings is 5. The Balaban J connectivity index is 1.02. The van der Waals surface area contributed by atoms with Crippen molar-refractivity contribution in [1.29, 1.82) is 0 Å². The Labute approximate surface area is 514 Å². The zero-order valence-electron chi connectivity index (χ0n) is 48.0. The monoisotopic (exact) mass is 1180 g/mol. The SMILES string of the molecule is O=C(Cn1ccnc1)Nc1ccccc1-c1c2nc(c(-c3ccccc3NC(=O)Cn3ccnc3)c3ccc([nH]3)c(-c3ccccc3NC(=O)c3cccc(Cn4ccnc4)c3)c3nc(c(-c4ccccc4NC(=O)Cn4ccnc4)c4ccc1[nH]4)C=C3)C=C2. The van der Waals surface area contributed by atoms with Crippen LogP contribution in [0.2, 0.25) is 0 Å². The first-order valence-corrected chi connectivity index (χ1v) is 28.9. The van der Waals surface area contributed by atoms with Crippen molar-refractivity contribution in [2.45, 2.75) is 26.2 Å². The van der Waals surface area contributed by atoms with Crippen LogP contribution in [0.4, 0.5) is 22.7 Å². The van der Waals surface area contributed by atoms with Gasteiger partial charge in [0.1, 0.15) is 19.6 Å². The molecule has 0 fully saturated rings. The van der Waals surface area contributed by atoms with Gasteiger partial charge in [-0.15, -0.1) is 0 Å². The molecule has 0 unspecified atom stereocenters. The normalized spacial score (nSPS) is 11.6. The molecule has 20 nitrogen and oxygen atoms in total. The molecule has 2 aliphatic rings. The second kappa shape index (κ2) is 24.4. The van der Waals surface area contributed by atoms with Gasteiger partial charge in [0.2, 0.25) is 17.7 Å². The predicted octanol–water partition coefficient (Wildman–Crippen LogP) is 12.3.